The minimum absolute atomic E-state index is 0.188. The molecule has 5 heteroatoms. The lowest BCUT2D eigenvalue weighted by Crippen LogP contribution is -2.31. The smallest absolute Gasteiger partial charge is 0.285 e. The number of hydrogen-bond acceptors (Lipinski definition) is 4. The van der Waals surface area contributed by atoms with E-state index in [0.717, 1.165) is 12.1 Å². The van der Waals surface area contributed by atoms with Crippen LogP contribution >= 0.6 is 0 Å². The van der Waals surface area contributed by atoms with E-state index in [9.17, 15) is 4.79 Å². The van der Waals surface area contributed by atoms with Gasteiger partial charge in [0.15, 0.2) is 0 Å². The monoisotopic (exact) mass is 289 g/mol. The summed E-state index contributed by atoms with van der Waals surface area (Å²) in [5.41, 5.74) is 1.26. The predicted octanol–water partition coefficient (Wildman–Crippen LogP) is 2.33. The van der Waals surface area contributed by atoms with E-state index in [2.05, 4.69) is 12.0 Å². The summed E-state index contributed by atoms with van der Waals surface area (Å²) in [6, 6.07) is 1.98. The first-order valence-corrected chi connectivity index (χ1v) is 7.64. The Morgan fingerprint density at radius 3 is 2.76 bits per heavy atom. The summed E-state index contributed by atoms with van der Waals surface area (Å²) in [4.78, 5) is 12.1. The van der Waals surface area contributed by atoms with Crippen LogP contribution in [0.1, 0.15) is 49.4 Å². The Morgan fingerprint density at radius 2 is 2.10 bits per heavy atom. The van der Waals surface area contributed by atoms with Gasteiger partial charge < -0.3 is 4.74 Å². The topological polar surface area (TPSA) is 67.9 Å². The first-order chi connectivity index (χ1) is 10.0. The summed E-state index contributed by atoms with van der Waals surface area (Å²) in [6.45, 7) is 6.66. The fourth-order valence-corrected chi connectivity index (χ4v) is 2.88. The Morgan fingerprint density at radius 1 is 1.38 bits per heavy atom. The molecule has 1 aliphatic rings. The second-order valence-electron chi connectivity index (χ2n) is 5.90. The van der Waals surface area contributed by atoms with Crippen LogP contribution in [0.3, 0.4) is 0 Å². The summed E-state index contributed by atoms with van der Waals surface area (Å²) in [7, 11) is 0. The van der Waals surface area contributed by atoms with E-state index in [0.29, 0.717) is 24.6 Å². The van der Waals surface area contributed by atoms with Crippen LogP contribution in [-0.4, -0.2) is 22.5 Å². The summed E-state index contributed by atoms with van der Waals surface area (Å²) in [5, 5.41) is 13.3. The molecule has 1 aliphatic carbocycles. The van der Waals surface area contributed by atoms with Gasteiger partial charge in [-0.05, 0) is 38.2 Å². The van der Waals surface area contributed by atoms with Gasteiger partial charge in [0.1, 0.15) is 11.6 Å². The van der Waals surface area contributed by atoms with Crippen LogP contribution in [0.4, 0.5) is 0 Å². The quantitative estimate of drug-likeness (QED) is 0.853. The van der Waals surface area contributed by atoms with Crippen molar-refractivity contribution in [1.29, 1.82) is 5.26 Å². The normalized spacial score (nSPS) is 22.0. The zero-order chi connectivity index (χ0) is 15.4. The largest absolute Gasteiger partial charge is 0.376 e. The number of nitriles is 1. The van der Waals surface area contributed by atoms with E-state index in [1.165, 1.54) is 23.9 Å². The zero-order valence-corrected chi connectivity index (χ0v) is 13.1. The Bertz CT molecular complexity index is 601. The maximum Gasteiger partial charge on any atom is 0.285 e. The predicted molar refractivity (Wildman–Crippen MR) is 80.1 cm³/mol. The van der Waals surface area contributed by atoms with Crippen molar-refractivity contribution in [3.8, 4) is 6.07 Å². The molecule has 1 fully saturated rings. The molecule has 21 heavy (non-hydrogen) atoms. The molecule has 2 unspecified atom stereocenters. The Kier molecular flexibility index (Phi) is 5.13. The molecule has 0 aliphatic heterocycles. The number of aromatic nitrogens is 2. The SMILES string of the molecule is Cc1nn(CCOC2CCCCC2C)c(=O)c(C#N)c1C. The second-order valence-corrected chi connectivity index (χ2v) is 5.90. The number of ether oxygens (including phenoxy) is 1. The van der Waals surface area contributed by atoms with Crippen LogP contribution in [0.15, 0.2) is 4.79 Å². The fourth-order valence-electron chi connectivity index (χ4n) is 2.88. The average molecular weight is 289 g/mol. The molecule has 1 aromatic rings. The molecule has 0 spiro atoms. The van der Waals surface area contributed by atoms with Gasteiger partial charge in [-0.2, -0.15) is 10.4 Å². The average Bonchev–Trinajstić information content (AvgIpc) is 2.47. The third-order valence-corrected chi connectivity index (χ3v) is 4.42. The molecule has 1 saturated carbocycles. The molecule has 114 valence electrons. The fraction of sp³-hybridized carbons (Fsp3) is 0.688. The summed E-state index contributed by atoms with van der Waals surface area (Å²) >= 11 is 0. The van der Waals surface area contributed by atoms with E-state index in [4.69, 9.17) is 10.00 Å². The van der Waals surface area contributed by atoms with Gasteiger partial charge in [0.25, 0.3) is 5.56 Å². The van der Waals surface area contributed by atoms with Gasteiger partial charge in [-0.15, -0.1) is 0 Å². The third kappa shape index (κ3) is 3.51. The molecule has 2 atom stereocenters. The summed E-state index contributed by atoms with van der Waals surface area (Å²) in [5.74, 6) is 0.581. The van der Waals surface area contributed by atoms with Crippen LogP contribution in [0.25, 0.3) is 0 Å². The molecule has 1 aromatic heterocycles. The van der Waals surface area contributed by atoms with Crippen molar-refractivity contribution in [2.45, 2.75) is 59.1 Å². The number of aryl methyl sites for hydroxylation is 1. The van der Waals surface area contributed by atoms with Crippen molar-refractivity contribution < 1.29 is 4.74 Å². The molecule has 0 aromatic carbocycles. The van der Waals surface area contributed by atoms with Crippen LogP contribution < -0.4 is 5.56 Å². The van der Waals surface area contributed by atoms with Gasteiger partial charge in [-0.1, -0.05) is 19.8 Å². The zero-order valence-electron chi connectivity index (χ0n) is 13.1. The minimum atomic E-state index is -0.319. The number of hydrogen-bond donors (Lipinski definition) is 0. The molecular weight excluding hydrogens is 266 g/mol. The first-order valence-electron chi connectivity index (χ1n) is 7.64. The minimum Gasteiger partial charge on any atom is -0.376 e. The molecule has 1 heterocycles. The van der Waals surface area contributed by atoms with E-state index in [1.54, 1.807) is 6.92 Å². The van der Waals surface area contributed by atoms with Crippen molar-refractivity contribution >= 4 is 0 Å². The Balaban J connectivity index is 2.02. The lowest BCUT2D eigenvalue weighted by molar-refractivity contribution is -0.00974. The maximum atomic E-state index is 12.1. The molecule has 0 saturated heterocycles. The van der Waals surface area contributed by atoms with Crippen LogP contribution in [0, 0.1) is 31.1 Å². The second kappa shape index (κ2) is 6.86. The van der Waals surface area contributed by atoms with Gasteiger partial charge in [0.2, 0.25) is 0 Å². The third-order valence-electron chi connectivity index (χ3n) is 4.42. The van der Waals surface area contributed by atoms with Crippen LogP contribution in [0.5, 0.6) is 0 Å². The molecule has 0 N–H and O–H groups in total. The van der Waals surface area contributed by atoms with Crippen LogP contribution in [-0.2, 0) is 11.3 Å². The summed E-state index contributed by atoms with van der Waals surface area (Å²) < 4.78 is 7.27. The van der Waals surface area contributed by atoms with Gasteiger partial charge in [-0.25, -0.2) is 4.68 Å². The highest BCUT2D eigenvalue weighted by Gasteiger charge is 2.21. The van der Waals surface area contributed by atoms with Crippen molar-refractivity contribution in [3.63, 3.8) is 0 Å². The van der Waals surface area contributed by atoms with Crippen molar-refractivity contribution in [1.82, 2.24) is 9.78 Å². The molecule has 0 bridgehead atoms. The highest BCUT2D eigenvalue weighted by Crippen LogP contribution is 2.26. The van der Waals surface area contributed by atoms with E-state index < -0.39 is 0 Å². The number of rotatable bonds is 4. The highest BCUT2D eigenvalue weighted by molar-refractivity contribution is 5.36. The van der Waals surface area contributed by atoms with E-state index in [1.807, 2.05) is 13.0 Å². The lowest BCUT2D eigenvalue weighted by Gasteiger charge is -2.28. The van der Waals surface area contributed by atoms with Gasteiger partial charge in [0.05, 0.1) is 24.9 Å². The lowest BCUT2D eigenvalue weighted by atomic mass is 9.88. The molecular formula is C16H23N3O2. The van der Waals surface area contributed by atoms with Crippen LogP contribution in [0.2, 0.25) is 0 Å². The summed E-state index contributed by atoms with van der Waals surface area (Å²) in [6.07, 6.45) is 5.10. The number of nitrogens with zero attached hydrogens (tertiary/aromatic N) is 3. The van der Waals surface area contributed by atoms with Gasteiger partial charge >= 0.3 is 0 Å². The Labute approximate surface area is 125 Å². The van der Waals surface area contributed by atoms with Gasteiger partial charge in [-0.3, -0.25) is 4.79 Å². The molecule has 0 amide bonds. The van der Waals surface area contributed by atoms with E-state index >= 15 is 0 Å². The Hall–Kier alpha value is -1.67. The van der Waals surface area contributed by atoms with Crippen molar-refractivity contribution in [2.24, 2.45) is 5.92 Å². The van der Waals surface area contributed by atoms with E-state index in [-0.39, 0.29) is 17.2 Å². The maximum absolute atomic E-state index is 12.1. The molecule has 5 nitrogen and oxygen atoms in total. The van der Waals surface area contributed by atoms with Gasteiger partial charge in [0, 0.05) is 0 Å². The van der Waals surface area contributed by atoms with Crippen molar-refractivity contribution in [3.05, 3.63) is 27.2 Å². The molecule has 2 rings (SSSR count). The standard InChI is InChI=1S/C16H23N3O2/c1-11-6-4-5-7-15(11)21-9-8-19-16(20)14(10-17)12(2)13(3)18-19/h11,15H,4-9H2,1-3H3. The van der Waals surface area contributed by atoms with Crippen molar-refractivity contribution in [2.75, 3.05) is 6.61 Å². The highest BCUT2D eigenvalue weighted by atomic mass is 16.5. The molecule has 0 radical (unpaired) electrons. The first kappa shape index (κ1) is 15.7.